The lowest BCUT2D eigenvalue weighted by Gasteiger charge is -2.11. The molecule has 0 bridgehead atoms. The summed E-state index contributed by atoms with van der Waals surface area (Å²) in [6.45, 7) is -0.208. The van der Waals surface area contributed by atoms with Gasteiger partial charge in [0.1, 0.15) is 17.3 Å². The molecule has 0 spiro atoms. The Morgan fingerprint density at radius 3 is 2.73 bits per heavy atom. The van der Waals surface area contributed by atoms with Crippen LogP contribution < -0.4 is 14.8 Å². The van der Waals surface area contributed by atoms with Crippen LogP contribution in [-0.4, -0.2) is 19.6 Å². The lowest BCUT2D eigenvalue weighted by atomic mass is 10.3. The van der Waals surface area contributed by atoms with Crippen molar-refractivity contribution < 1.29 is 18.7 Å². The van der Waals surface area contributed by atoms with Gasteiger partial charge in [-0.25, -0.2) is 4.39 Å². The van der Waals surface area contributed by atoms with E-state index in [2.05, 4.69) is 21.2 Å². The van der Waals surface area contributed by atoms with Crippen LogP contribution in [0.4, 0.5) is 10.1 Å². The molecule has 0 heterocycles. The molecule has 2 aromatic carbocycles. The van der Waals surface area contributed by atoms with Gasteiger partial charge in [-0.05, 0) is 46.3 Å². The monoisotopic (exact) mass is 387 g/mol. The van der Waals surface area contributed by atoms with Crippen LogP contribution in [0.3, 0.4) is 0 Å². The summed E-state index contributed by atoms with van der Waals surface area (Å²) in [5, 5.41) is 3.15. The molecular formula is C15H12BrClFNO3. The zero-order chi connectivity index (χ0) is 16.1. The van der Waals surface area contributed by atoms with Crippen molar-refractivity contribution in [3.63, 3.8) is 0 Å². The smallest absolute Gasteiger partial charge is 0.262 e. The van der Waals surface area contributed by atoms with Crippen molar-refractivity contribution in [2.24, 2.45) is 0 Å². The molecule has 0 aromatic heterocycles. The van der Waals surface area contributed by atoms with Crippen LogP contribution in [0.5, 0.6) is 11.5 Å². The minimum atomic E-state index is -0.448. The Morgan fingerprint density at radius 2 is 2.05 bits per heavy atom. The van der Waals surface area contributed by atoms with Gasteiger partial charge in [0, 0.05) is 11.1 Å². The van der Waals surface area contributed by atoms with E-state index in [1.165, 1.54) is 25.3 Å². The lowest BCUT2D eigenvalue weighted by molar-refractivity contribution is -0.118. The fourth-order valence-electron chi connectivity index (χ4n) is 1.69. The molecule has 4 nitrogen and oxygen atoms in total. The van der Waals surface area contributed by atoms with Gasteiger partial charge in [-0.15, -0.1) is 0 Å². The zero-order valence-electron chi connectivity index (χ0n) is 11.5. The van der Waals surface area contributed by atoms with Crippen LogP contribution in [0.2, 0.25) is 5.02 Å². The second-order valence-corrected chi connectivity index (χ2v) is 5.55. The number of hydrogen-bond donors (Lipinski definition) is 1. The van der Waals surface area contributed by atoms with Crippen LogP contribution in [0.15, 0.2) is 40.9 Å². The van der Waals surface area contributed by atoms with Crippen molar-refractivity contribution in [2.45, 2.75) is 0 Å². The van der Waals surface area contributed by atoms with Crippen molar-refractivity contribution in [1.29, 1.82) is 0 Å². The van der Waals surface area contributed by atoms with E-state index < -0.39 is 11.7 Å². The summed E-state index contributed by atoms with van der Waals surface area (Å²) < 4.78 is 24.1. The van der Waals surface area contributed by atoms with E-state index in [1.54, 1.807) is 18.2 Å². The molecule has 0 saturated heterocycles. The summed E-state index contributed by atoms with van der Waals surface area (Å²) in [6.07, 6.45) is 0. The SMILES string of the molecule is COc1cc(F)ccc1NC(=O)COc1ccc(Cl)cc1Br. The van der Waals surface area contributed by atoms with Crippen molar-refractivity contribution in [3.8, 4) is 11.5 Å². The number of halogens is 3. The van der Waals surface area contributed by atoms with Crippen LogP contribution >= 0.6 is 27.5 Å². The Morgan fingerprint density at radius 1 is 1.27 bits per heavy atom. The number of amides is 1. The summed E-state index contributed by atoms with van der Waals surface area (Å²) in [7, 11) is 1.39. The van der Waals surface area contributed by atoms with Crippen molar-refractivity contribution >= 4 is 39.1 Å². The second kappa shape index (κ2) is 7.47. The summed E-state index contributed by atoms with van der Waals surface area (Å²) in [6, 6.07) is 8.81. The van der Waals surface area contributed by atoms with Gasteiger partial charge in [-0.3, -0.25) is 4.79 Å². The average Bonchev–Trinajstić information content (AvgIpc) is 2.48. The summed E-state index contributed by atoms with van der Waals surface area (Å²) in [5.41, 5.74) is 0.368. The van der Waals surface area contributed by atoms with E-state index in [0.29, 0.717) is 20.9 Å². The largest absolute Gasteiger partial charge is 0.494 e. The van der Waals surface area contributed by atoms with Crippen LogP contribution in [-0.2, 0) is 4.79 Å². The molecule has 0 atom stereocenters. The molecule has 0 aliphatic heterocycles. The van der Waals surface area contributed by atoms with Gasteiger partial charge >= 0.3 is 0 Å². The molecule has 116 valence electrons. The maximum absolute atomic E-state index is 13.1. The first-order chi connectivity index (χ1) is 10.5. The minimum absolute atomic E-state index is 0.208. The molecule has 1 amide bonds. The number of rotatable bonds is 5. The Hall–Kier alpha value is -1.79. The first-order valence-electron chi connectivity index (χ1n) is 6.21. The van der Waals surface area contributed by atoms with Crippen molar-refractivity contribution in [3.05, 3.63) is 51.7 Å². The average molecular weight is 389 g/mol. The molecule has 22 heavy (non-hydrogen) atoms. The Balaban J connectivity index is 1.98. The van der Waals surface area contributed by atoms with E-state index in [9.17, 15) is 9.18 Å². The number of benzene rings is 2. The predicted molar refractivity (Wildman–Crippen MR) is 86.2 cm³/mol. The number of carbonyl (C=O) groups is 1. The lowest BCUT2D eigenvalue weighted by Crippen LogP contribution is -2.20. The summed E-state index contributed by atoms with van der Waals surface area (Å²) >= 11 is 9.12. The Labute approximate surface area is 140 Å². The number of ether oxygens (including phenoxy) is 2. The van der Waals surface area contributed by atoms with E-state index in [1.807, 2.05) is 0 Å². The van der Waals surface area contributed by atoms with Gasteiger partial charge in [0.25, 0.3) is 5.91 Å². The number of nitrogens with one attached hydrogen (secondary N) is 1. The summed E-state index contributed by atoms with van der Waals surface area (Å²) in [5.74, 6) is -0.116. The second-order valence-electron chi connectivity index (χ2n) is 4.26. The van der Waals surface area contributed by atoms with Crippen molar-refractivity contribution in [1.82, 2.24) is 0 Å². The highest BCUT2D eigenvalue weighted by molar-refractivity contribution is 9.10. The topological polar surface area (TPSA) is 47.6 Å². The molecule has 2 aromatic rings. The Kier molecular flexibility index (Phi) is 5.63. The maximum atomic E-state index is 13.1. The number of carbonyl (C=O) groups excluding carboxylic acids is 1. The van der Waals surface area contributed by atoms with E-state index >= 15 is 0 Å². The zero-order valence-corrected chi connectivity index (χ0v) is 13.9. The highest BCUT2D eigenvalue weighted by Crippen LogP contribution is 2.28. The molecule has 2 rings (SSSR count). The molecule has 0 fully saturated rings. The van der Waals surface area contributed by atoms with Crippen LogP contribution in [0.25, 0.3) is 0 Å². The third-order valence-corrected chi connectivity index (χ3v) is 3.55. The highest BCUT2D eigenvalue weighted by atomic mass is 79.9. The standard InChI is InChI=1S/C15H12BrClFNO3/c1-21-14-7-10(18)3-4-12(14)19-15(20)8-22-13-5-2-9(17)6-11(13)16/h2-7H,8H2,1H3,(H,19,20). The fraction of sp³-hybridized carbons (Fsp3) is 0.133. The van der Waals surface area contributed by atoms with E-state index in [4.69, 9.17) is 21.1 Å². The van der Waals surface area contributed by atoms with Gasteiger partial charge in [0.2, 0.25) is 0 Å². The highest BCUT2D eigenvalue weighted by Gasteiger charge is 2.10. The number of hydrogen-bond acceptors (Lipinski definition) is 3. The predicted octanol–water partition coefficient (Wildman–Crippen LogP) is 4.27. The van der Waals surface area contributed by atoms with Crippen molar-refractivity contribution in [2.75, 3.05) is 19.0 Å². The molecule has 0 aliphatic carbocycles. The molecule has 0 radical (unpaired) electrons. The molecule has 7 heteroatoms. The number of methoxy groups -OCH3 is 1. The van der Waals surface area contributed by atoms with Gasteiger partial charge in [-0.2, -0.15) is 0 Å². The normalized spacial score (nSPS) is 10.2. The van der Waals surface area contributed by atoms with Gasteiger partial charge in [-0.1, -0.05) is 11.6 Å². The first kappa shape index (κ1) is 16.6. The molecule has 0 saturated carbocycles. The summed E-state index contributed by atoms with van der Waals surface area (Å²) in [4.78, 5) is 11.9. The third kappa shape index (κ3) is 4.35. The van der Waals surface area contributed by atoms with Crippen LogP contribution in [0, 0.1) is 5.82 Å². The van der Waals surface area contributed by atoms with E-state index in [0.717, 1.165) is 0 Å². The minimum Gasteiger partial charge on any atom is -0.494 e. The third-order valence-electron chi connectivity index (χ3n) is 2.69. The molecular weight excluding hydrogens is 377 g/mol. The number of anilines is 1. The van der Waals surface area contributed by atoms with Crippen LogP contribution in [0.1, 0.15) is 0 Å². The fourth-order valence-corrected chi connectivity index (χ4v) is 2.49. The molecule has 1 N–H and O–H groups in total. The Bertz CT molecular complexity index is 696. The molecule has 0 unspecified atom stereocenters. The maximum Gasteiger partial charge on any atom is 0.262 e. The van der Waals surface area contributed by atoms with Gasteiger partial charge < -0.3 is 14.8 Å². The van der Waals surface area contributed by atoms with Gasteiger partial charge in [0.05, 0.1) is 17.3 Å². The van der Waals surface area contributed by atoms with Gasteiger partial charge in [0.15, 0.2) is 6.61 Å². The molecule has 0 aliphatic rings. The van der Waals surface area contributed by atoms with E-state index in [-0.39, 0.29) is 12.4 Å². The quantitative estimate of drug-likeness (QED) is 0.832. The first-order valence-corrected chi connectivity index (χ1v) is 7.38.